The van der Waals surface area contributed by atoms with E-state index >= 15 is 0 Å². The number of H-pyrrole nitrogens is 2. The molecule has 2 aromatic rings. The molecule has 2 fully saturated rings. The molecular formula is C15H16N2O2. The van der Waals surface area contributed by atoms with E-state index in [9.17, 15) is 9.59 Å². The van der Waals surface area contributed by atoms with Gasteiger partial charge in [-0.2, -0.15) is 0 Å². The van der Waals surface area contributed by atoms with Gasteiger partial charge >= 0.3 is 5.69 Å². The lowest BCUT2D eigenvalue weighted by Crippen LogP contribution is -2.20. The summed E-state index contributed by atoms with van der Waals surface area (Å²) < 4.78 is 0. The molecule has 0 radical (unpaired) electrons. The van der Waals surface area contributed by atoms with Crippen molar-refractivity contribution in [1.29, 1.82) is 0 Å². The first-order valence-electron chi connectivity index (χ1n) is 6.97. The minimum atomic E-state index is -0.223. The quantitative estimate of drug-likeness (QED) is 0.811. The van der Waals surface area contributed by atoms with Gasteiger partial charge in [0.15, 0.2) is 5.78 Å². The Labute approximate surface area is 110 Å². The topological polar surface area (TPSA) is 65.7 Å². The number of carbonyl (C=O) groups excluding carboxylic acids is 1. The molecule has 19 heavy (non-hydrogen) atoms. The largest absolute Gasteiger partial charge is 0.323 e. The van der Waals surface area contributed by atoms with Crippen LogP contribution in [0.1, 0.15) is 36.0 Å². The van der Waals surface area contributed by atoms with E-state index in [0.717, 1.165) is 28.9 Å². The normalized spacial score (nSPS) is 29.2. The lowest BCUT2D eigenvalue weighted by Gasteiger charge is -2.20. The van der Waals surface area contributed by atoms with Crippen LogP contribution in [-0.2, 0) is 0 Å². The molecule has 1 heterocycles. The van der Waals surface area contributed by atoms with E-state index in [0.29, 0.717) is 5.92 Å². The third-order valence-electron chi connectivity index (χ3n) is 4.88. The number of benzene rings is 1. The SMILES string of the molecule is O=C(c1ccc2[nH]c(=O)[nH]c2c1)C1CC2CCC1C2. The van der Waals surface area contributed by atoms with Gasteiger partial charge in [0.1, 0.15) is 0 Å². The molecule has 98 valence electrons. The Bertz CT molecular complexity index is 712. The number of aromatic amines is 2. The van der Waals surface area contributed by atoms with E-state index in [1.807, 2.05) is 18.2 Å². The fourth-order valence-corrected chi connectivity index (χ4v) is 3.97. The van der Waals surface area contributed by atoms with E-state index in [4.69, 9.17) is 0 Å². The molecule has 1 aromatic carbocycles. The van der Waals surface area contributed by atoms with Crippen molar-refractivity contribution in [3.63, 3.8) is 0 Å². The summed E-state index contributed by atoms with van der Waals surface area (Å²) in [5.41, 5.74) is 1.99. The van der Waals surface area contributed by atoms with Crippen LogP contribution >= 0.6 is 0 Å². The Morgan fingerprint density at radius 1 is 1.11 bits per heavy atom. The molecule has 4 nitrogen and oxygen atoms in total. The number of ketones is 1. The maximum Gasteiger partial charge on any atom is 0.323 e. The number of Topliss-reactive ketones (excluding diaryl/α,β-unsaturated/α-hetero) is 1. The van der Waals surface area contributed by atoms with Crippen molar-refractivity contribution in [1.82, 2.24) is 9.97 Å². The van der Waals surface area contributed by atoms with Crippen LogP contribution in [0.3, 0.4) is 0 Å². The molecule has 0 spiro atoms. The molecule has 2 saturated carbocycles. The maximum atomic E-state index is 12.6. The van der Waals surface area contributed by atoms with E-state index in [-0.39, 0.29) is 17.4 Å². The standard InChI is InChI=1S/C15H16N2O2/c18-14(11-6-8-1-2-9(11)5-8)10-3-4-12-13(7-10)17-15(19)16-12/h3-4,7-9,11H,1-2,5-6H2,(H2,16,17,19). The summed E-state index contributed by atoms with van der Waals surface area (Å²) in [6.07, 6.45) is 4.81. The van der Waals surface area contributed by atoms with E-state index in [1.165, 1.54) is 19.3 Å². The lowest BCUT2D eigenvalue weighted by molar-refractivity contribution is 0.0875. The van der Waals surface area contributed by atoms with Crippen LogP contribution in [0.25, 0.3) is 11.0 Å². The fourth-order valence-electron chi connectivity index (χ4n) is 3.97. The van der Waals surface area contributed by atoms with Crippen LogP contribution in [0, 0.1) is 17.8 Å². The Morgan fingerprint density at radius 2 is 1.95 bits per heavy atom. The minimum Gasteiger partial charge on any atom is -0.306 e. The average Bonchev–Trinajstić information content (AvgIpc) is 3.09. The second-order valence-corrected chi connectivity index (χ2v) is 5.99. The predicted octanol–water partition coefficient (Wildman–Crippen LogP) is 2.48. The Morgan fingerprint density at radius 3 is 2.68 bits per heavy atom. The van der Waals surface area contributed by atoms with E-state index in [2.05, 4.69) is 9.97 Å². The highest BCUT2D eigenvalue weighted by molar-refractivity contribution is 6.00. The molecule has 2 aliphatic carbocycles. The lowest BCUT2D eigenvalue weighted by atomic mass is 9.83. The smallest absolute Gasteiger partial charge is 0.306 e. The average molecular weight is 256 g/mol. The molecule has 1 aromatic heterocycles. The van der Waals surface area contributed by atoms with Crippen LogP contribution in [0.4, 0.5) is 0 Å². The van der Waals surface area contributed by atoms with Crippen molar-refractivity contribution in [3.8, 4) is 0 Å². The molecule has 2 bridgehead atoms. The summed E-state index contributed by atoms with van der Waals surface area (Å²) in [5.74, 6) is 1.84. The molecule has 0 amide bonds. The molecule has 2 aliphatic rings. The van der Waals surface area contributed by atoms with Crippen LogP contribution in [0.15, 0.2) is 23.0 Å². The molecule has 4 rings (SSSR count). The van der Waals surface area contributed by atoms with Gasteiger partial charge in [0.25, 0.3) is 0 Å². The molecule has 0 aliphatic heterocycles. The second kappa shape index (κ2) is 3.83. The number of hydrogen-bond acceptors (Lipinski definition) is 2. The highest BCUT2D eigenvalue weighted by Gasteiger charge is 2.43. The first kappa shape index (κ1) is 11.0. The molecule has 4 heteroatoms. The number of fused-ring (bicyclic) bond motifs is 3. The van der Waals surface area contributed by atoms with Gasteiger partial charge in [-0.25, -0.2) is 4.79 Å². The number of nitrogens with one attached hydrogen (secondary N) is 2. The summed E-state index contributed by atoms with van der Waals surface area (Å²) in [6.45, 7) is 0. The van der Waals surface area contributed by atoms with Crippen LogP contribution < -0.4 is 5.69 Å². The number of imidazole rings is 1. The maximum absolute atomic E-state index is 12.6. The number of hydrogen-bond donors (Lipinski definition) is 2. The van der Waals surface area contributed by atoms with Crippen LogP contribution in [0.2, 0.25) is 0 Å². The van der Waals surface area contributed by atoms with Crippen molar-refractivity contribution in [2.45, 2.75) is 25.7 Å². The van der Waals surface area contributed by atoms with Crippen LogP contribution in [0.5, 0.6) is 0 Å². The number of carbonyl (C=O) groups is 1. The van der Waals surface area contributed by atoms with Gasteiger partial charge in [0, 0.05) is 11.5 Å². The summed E-state index contributed by atoms with van der Waals surface area (Å²) >= 11 is 0. The van der Waals surface area contributed by atoms with Crippen molar-refractivity contribution in [2.75, 3.05) is 0 Å². The van der Waals surface area contributed by atoms with Gasteiger partial charge in [-0.05, 0) is 49.3 Å². The van der Waals surface area contributed by atoms with Gasteiger partial charge < -0.3 is 9.97 Å². The van der Waals surface area contributed by atoms with E-state index < -0.39 is 0 Å². The summed E-state index contributed by atoms with van der Waals surface area (Å²) in [5, 5.41) is 0. The Hall–Kier alpha value is -1.84. The zero-order chi connectivity index (χ0) is 13.0. The molecule has 3 unspecified atom stereocenters. The van der Waals surface area contributed by atoms with Gasteiger partial charge in [-0.15, -0.1) is 0 Å². The Kier molecular flexibility index (Phi) is 2.22. The number of aromatic nitrogens is 2. The summed E-state index contributed by atoms with van der Waals surface area (Å²) in [7, 11) is 0. The van der Waals surface area contributed by atoms with Crippen molar-refractivity contribution in [3.05, 3.63) is 34.2 Å². The van der Waals surface area contributed by atoms with Gasteiger partial charge in [0.05, 0.1) is 11.0 Å². The van der Waals surface area contributed by atoms with Gasteiger partial charge in [0.2, 0.25) is 0 Å². The minimum absolute atomic E-state index is 0.210. The number of rotatable bonds is 2. The van der Waals surface area contributed by atoms with Gasteiger partial charge in [-0.1, -0.05) is 6.42 Å². The Balaban J connectivity index is 1.69. The first-order chi connectivity index (χ1) is 9.20. The molecule has 3 atom stereocenters. The zero-order valence-electron chi connectivity index (χ0n) is 10.6. The van der Waals surface area contributed by atoms with Crippen LogP contribution in [-0.4, -0.2) is 15.8 Å². The van der Waals surface area contributed by atoms with Crippen molar-refractivity contribution < 1.29 is 4.79 Å². The molecule has 2 N–H and O–H groups in total. The highest BCUT2D eigenvalue weighted by atomic mass is 16.1. The van der Waals surface area contributed by atoms with Crippen molar-refractivity contribution in [2.24, 2.45) is 17.8 Å². The zero-order valence-corrected chi connectivity index (χ0v) is 10.6. The van der Waals surface area contributed by atoms with Crippen molar-refractivity contribution >= 4 is 16.8 Å². The molecular weight excluding hydrogens is 240 g/mol. The fraction of sp³-hybridized carbons (Fsp3) is 0.467. The third-order valence-corrected chi connectivity index (χ3v) is 4.88. The third kappa shape index (κ3) is 1.66. The second-order valence-electron chi connectivity index (χ2n) is 5.99. The molecule has 0 saturated heterocycles. The highest BCUT2D eigenvalue weighted by Crippen LogP contribution is 2.49. The summed E-state index contributed by atoms with van der Waals surface area (Å²) in [6, 6.07) is 5.45. The first-order valence-corrected chi connectivity index (χ1v) is 6.97. The van der Waals surface area contributed by atoms with E-state index in [1.54, 1.807) is 0 Å². The van der Waals surface area contributed by atoms with Gasteiger partial charge in [-0.3, -0.25) is 4.79 Å². The summed E-state index contributed by atoms with van der Waals surface area (Å²) in [4.78, 5) is 29.2. The predicted molar refractivity (Wildman–Crippen MR) is 72.2 cm³/mol. The monoisotopic (exact) mass is 256 g/mol.